The number of benzene rings is 1. The van der Waals surface area contributed by atoms with Gasteiger partial charge in [-0.25, -0.2) is 13.4 Å². The lowest BCUT2D eigenvalue weighted by molar-refractivity contribution is -0.120. The first-order valence-corrected chi connectivity index (χ1v) is 12.6. The number of hydrogen-bond donors (Lipinski definition) is 1. The van der Waals surface area contributed by atoms with Gasteiger partial charge in [0.2, 0.25) is 15.9 Å². The second-order valence-corrected chi connectivity index (χ2v) is 10.2. The molecule has 31 heavy (non-hydrogen) atoms. The van der Waals surface area contributed by atoms with Gasteiger partial charge in [0.05, 0.1) is 31.8 Å². The molecule has 1 aliphatic heterocycles. The fourth-order valence-electron chi connectivity index (χ4n) is 3.35. The molecule has 1 amide bonds. The van der Waals surface area contributed by atoms with E-state index < -0.39 is 10.0 Å². The molecule has 0 atom stereocenters. The zero-order chi connectivity index (χ0) is 22.3. The minimum absolute atomic E-state index is 0.0842. The molecule has 2 aromatic rings. The highest BCUT2D eigenvalue weighted by atomic mass is 32.2. The molecule has 3 rings (SSSR count). The maximum Gasteiger partial charge on any atom is 0.246 e. The van der Waals surface area contributed by atoms with Crippen LogP contribution in [0.4, 0.5) is 0 Å². The molecule has 1 aromatic heterocycles. The number of methoxy groups -OCH3 is 1. The molecule has 170 valence electrons. The van der Waals surface area contributed by atoms with E-state index in [2.05, 4.69) is 10.3 Å². The molecule has 0 aliphatic carbocycles. The number of morpholine rings is 1. The Labute approximate surface area is 187 Å². The minimum atomic E-state index is -3.72. The number of aryl methyl sites for hydroxylation is 2. The third kappa shape index (κ3) is 6.49. The Hall–Kier alpha value is -2.01. The molecule has 8 nitrogen and oxygen atoms in total. The van der Waals surface area contributed by atoms with Crippen molar-refractivity contribution in [1.82, 2.24) is 14.6 Å². The van der Waals surface area contributed by atoms with Crippen molar-refractivity contribution in [2.75, 3.05) is 40.0 Å². The van der Waals surface area contributed by atoms with Crippen LogP contribution in [0, 0.1) is 6.92 Å². The monoisotopic (exact) mass is 467 g/mol. The highest BCUT2D eigenvalue weighted by Crippen LogP contribution is 2.28. The lowest BCUT2D eigenvalue weighted by Gasteiger charge is -2.26. The number of nitrogens with one attached hydrogen (secondary N) is 1. The van der Waals surface area contributed by atoms with Crippen LogP contribution in [0.5, 0.6) is 5.75 Å². The van der Waals surface area contributed by atoms with Crippen LogP contribution in [0.1, 0.15) is 29.1 Å². The molecular weight excluding hydrogens is 438 g/mol. The number of hydrogen-bond acceptors (Lipinski definition) is 7. The highest BCUT2D eigenvalue weighted by Gasteiger charge is 2.29. The number of rotatable bonds is 10. The summed E-state index contributed by atoms with van der Waals surface area (Å²) in [4.78, 5) is 16.9. The molecule has 0 spiro atoms. The predicted octanol–water partition coefficient (Wildman–Crippen LogP) is 2.16. The van der Waals surface area contributed by atoms with Gasteiger partial charge in [-0.3, -0.25) is 4.79 Å². The van der Waals surface area contributed by atoms with E-state index in [1.165, 1.54) is 17.5 Å². The first-order chi connectivity index (χ1) is 14.9. The Morgan fingerprint density at radius 1 is 1.29 bits per heavy atom. The Balaban J connectivity index is 1.54. The van der Waals surface area contributed by atoms with E-state index >= 15 is 0 Å². The minimum Gasteiger partial charge on any atom is -0.495 e. The summed E-state index contributed by atoms with van der Waals surface area (Å²) in [6.07, 6.45) is 2.85. The van der Waals surface area contributed by atoms with Crippen molar-refractivity contribution in [2.24, 2.45) is 0 Å². The van der Waals surface area contributed by atoms with Gasteiger partial charge in [0.15, 0.2) is 0 Å². The van der Waals surface area contributed by atoms with E-state index in [1.54, 1.807) is 23.5 Å². The lowest BCUT2D eigenvalue weighted by atomic mass is 10.1. The van der Waals surface area contributed by atoms with Gasteiger partial charge in [0, 0.05) is 30.7 Å². The Kier molecular flexibility index (Phi) is 8.42. The number of amides is 1. The first-order valence-electron chi connectivity index (χ1n) is 10.3. The molecule has 0 unspecified atom stereocenters. The van der Waals surface area contributed by atoms with Gasteiger partial charge < -0.3 is 14.8 Å². The van der Waals surface area contributed by atoms with E-state index in [9.17, 15) is 13.2 Å². The van der Waals surface area contributed by atoms with Crippen LogP contribution in [0.15, 0.2) is 28.5 Å². The van der Waals surface area contributed by atoms with Crippen LogP contribution >= 0.6 is 11.3 Å². The Morgan fingerprint density at radius 2 is 2.06 bits per heavy atom. The Morgan fingerprint density at radius 3 is 2.74 bits per heavy atom. The average Bonchev–Trinajstić information content (AvgIpc) is 3.19. The number of sulfonamides is 1. The van der Waals surface area contributed by atoms with Crippen LogP contribution in [-0.4, -0.2) is 63.6 Å². The topological polar surface area (TPSA) is 97.8 Å². The summed E-state index contributed by atoms with van der Waals surface area (Å²) in [7, 11) is -2.28. The Bertz CT molecular complexity index is 985. The molecule has 1 N–H and O–H groups in total. The molecule has 2 heterocycles. The quantitative estimate of drug-likeness (QED) is 0.538. The van der Waals surface area contributed by atoms with Gasteiger partial charge in [-0.2, -0.15) is 4.31 Å². The van der Waals surface area contributed by atoms with E-state index in [4.69, 9.17) is 9.47 Å². The standard InChI is InChI=1S/C21H29N3O5S2/c1-16-15-30-21(23-16)5-3-4-8-22-20(25)14-17-6-7-18(28-2)19(13-17)31(26,27)24-9-11-29-12-10-24/h6-7,13,15H,3-5,8-12,14H2,1-2H3,(H,22,25). The molecule has 10 heteroatoms. The van der Waals surface area contributed by atoms with Gasteiger partial charge in [0.25, 0.3) is 0 Å². The number of unbranched alkanes of at least 4 members (excludes halogenated alkanes) is 1. The maximum atomic E-state index is 13.1. The summed E-state index contributed by atoms with van der Waals surface area (Å²) in [6.45, 7) is 3.90. The van der Waals surface area contributed by atoms with Crippen LogP contribution in [0.25, 0.3) is 0 Å². The number of aromatic nitrogens is 1. The summed E-state index contributed by atoms with van der Waals surface area (Å²) in [5.41, 5.74) is 1.67. The zero-order valence-corrected chi connectivity index (χ0v) is 19.6. The molecule has 0 radical (unpaired) electrons. The summed E-state index contributed by atoms with van der Waals surface area (Å²) in [5.74, 6) is 0.137. The van der Waals surface area contributed by atoms with Gasteiger partial charge in [0.1, 0.15) is 10.6 Å². The molecule has 1 aromatic carbocycles. The van der Waals surface area contributed by atoms with Crippen molar-refractivity contribution in [1.29, 1.82) is 0 Å². The largest absolute Gasteiger partial charge is 0.495 e. The number of nitrogens with zero attached hydrogens (tertiary/aromatic N) is 2. The van der Waals surface area contributed by atoms with Crippen molar-refractivity contribution in [3.05, 3.63) is 39.8 Å². The second kappa shape index (κ2) is 11.0. The van der Waals surface area contributed by atoms with Crippen molar-refractivity contribution < 1.29 is 22.7 Å². The summed E-state index contributed by atoms with van der Waals surface area (Å²) < 4.78 is 38.0. The van der Waals surface area contributed by atoms with Crippen LogP contribution in [-0.2, 0) is 32.4 Å². The van der Waals surface area contributed by atoms with Gasteiger partial charge >= 0.3 is 0 Å². The van der Waals surface area contributed by atoms with Gasteiger partial charge in [-0.15, -0.1) is 11.3 Å². The summed E-state index contributed by atoms with van der Waals surface area (Å²) >= 11 is 1.66. The first kappa shape index (κ1) is 23.6. The van der Waals surface area contributed by atoms with E-state index in [1.807, 2.05) is 12.3 Å². The van der Waals surface area contributed by atoms with E-state index in [0.29, 0.717) is 38.4 Å². The summed E-state index contributed by atoms with van der Waals surface area (Å²) in [6, 6.07) is 4.86. The molecule has 1 aliphatic rings. The molecule has 1 fully saturated rings. The number of ether oxygens (including phenoxy) is 2. The van der Waals surface area contributed by atoms with E-state index in [0.717, 1.165) is 30.0 Å². The predicted molar refractivity (Wildman–Crippen MR) is 119 cm³/mol. The lowest BCUT2D eigenvalue weighted by Crippen LogP contribution is -2.40. The fourth-order valence-corrected chi connectivity index (χ4v) is 5.79. The molecule has 0 bridgehead atoms. The van der Waals surface area contributed by atoms with Crippen LogP contribution in [0.2, 0.25) is 0 Å². The average molecular weight is 468 g/mol. The normalized spacial score (nSPS) is 15.0. The number of thiazole rings is 1. The highest BCUT2D eigenvalue weighted by molar-refractivity contribution is 7.89. The maximum absolute atomic E-state index is 13.1. The van der Waals surface area contributed by atoms with E-state index in [-0.39, 0.29) is 23.0 Å². The number of carbonyl (C=O) groups is 1. The fraction of sp³-hybridized carbons (Fsp3) is 0.524. The molecule has 1 saturated heterocycles. The molecule has 0 saturated carbocycles. The van der Waals surface area contributed by atoms with Crippen molar-refractivity contribution in [3.8, 4) is 5.75 Å². The third-order valence-electron chi connectivity index (χ3n) is 4.99. The van der Waals surface area contributed by atoms with Gasteiger partial charge in [-0.05, 0) is 43.9 Å². The van der Waals surface area contributed by atoms with Crippen molar-refractivity contribution in [3.63, 3.8) is 0 Å². The number of carbonyl (C=O) groups excluding carboxylic acids is 1. The zero-order valence-electron chi connectivity index (χ0n) is 17.9. The SMILES string of the molecule is COc1ccc(CC(=O)NCCCCc2nc(C)cs2)cc1S(=O)(=O)N1CCOCC1. The van der Waals surface area contributed by atoms with Gasteiger partial charge in [-0.1, -0.05) is 6.07 Å². The summed E-state index contributed by atoms with van der Waals surface area (Å²) in [5, 5.41) is 6.07. The van der Waals surface area contributed by atoms with Crippen molar-refractivity contribution >= 4 is 27.3 Å². The molecular formula is C21H29N3O5S2. The van der Waals surface area contributed by atoms with Crippen molar-refractivity contribution in [2.45, 2.75) is 37.5 Å². The third-order valence-corrected chi connectivity index (χ3v) is 7.93. The smallest absolute Gasteiger partial charge is 0.246 e. The second-order valence-electron chi connectivity index (χ2n) is 7.37. The van der Waals surface area contributed by atoms with Crippen LogP contribution < -0.4 is 10.1 Å². The van der Waals surface area contributed by atoms with Crippen LogP contribution in [0.3, 0.4) is 0 Å².